The van der Waals surface area contributed by atoms with Gasteiger partial charge in [0.05, 0.1) is 0 Å². The number of hydrogen-bond donors (Lipinski definition) is 1. The number of nitrogens with one attached hydrogen (secondary N) is 1. The normalized spacial score (nSPS) is 19.7. The topological polar surface area (TPSA) is 44.3 Å². The van der Waals surface area contributed by atoms with Gasteiger partial charge in [-0.2, -0.15) is 0 Å². The van der Waals surface area contributed by atoms with Gasteiger partial charge in [-0.3, -0.25) is 4.90 Å². The molecule has 0 aromatic carbocycles. The van der Waals surface area contributed by atoms with Crippen molar-refractivity contribution in [2.45, 2.75) is 32.9 Å². The fourth-order valence-corrected chi connectivity index (χ4v) is 2.28. The van der Waals surface area contributed by atoms with Gasteiger partial charge < -0.3 is 10.2 Å². The van der Waals surface area contributed by atoms with Crippen LogP contribution in [0.25, 0.3) is 0 Å². The zero-order valence-electron chi connectivity index (χ0n) is 12.5. The zero-order chi connectivity index (χ0) is 13.9. The standard InChI is InChI=1S/C14H25N5/c1-5-15-8-12-9-16-13(17-10-12)19-7-6-18(4)14(2,3)11-19/h9-10,15H,5-8,11H2,1-4H3. The Balaban J connectivity index is 2.02. The van der Waals surface area contributed by atoms with E-state index in [9.17, 15) is 0 Å². The molecule has 5 nitrogen and oxygen atoms in total. The van der Waals surface area contributed by atoms with E-state index in [-0.39, 0.29) is 5.54 Å². The van der Waals surface area contributed by atoms with Crippen molar-refractivity contribution in [1.82, 2.24) is 20.2 Å². The lowest BCUT2D eigenvalue weighted by Crippen LogP contribution is -2.58. The lowest BCUT2D eigenvalue weighted by molar-refractivity contribution is 0.138. The van der Waals surface area contributed by atoms with E-state index in [1.165, 1.54) is 0 Å². The summed E-state index contributed by atoms with van der Waals surface area (Å²) in [6, 6.07) is 0. The molecule has 1 saturated heterocycles. The molecular weight excluding hydrogens is 238 g/mol. The molecule has 19 heavy (non-hydrogen) atoms. The van der Waals surface area contributed by atoms with Gasteiger partial charge in [-0.1, -0.05) is 6.92 Å². The highest BCUT2D eigenvalue weighted by Crippen LogP contribution is 2.21. The maximum atomic E-state index is 4.50. The van der Waals surface area contributed by atoms with Crippen LogP contribution in [-0.4, -0.2) is 53.6 Å². The number of rotatable bonds is 4. The summed E-state index contributed by atoms with van der Waals surface area (Å²) in [6.45, 7) is 11.4. The summed E-state index contributed by atoms with van der Waals surface area (Å²) in [4.78, 5) is 13.7. The molecule has 0 spiro atoms. The summed E-state index contributed by atoms with van der Waals surface area (Å²) in [5.74, 6) is 0.849. The van der Waals surface area contributed by atoms with Crippen LogP contribution in [0, 0.1) is 0 Å². The molecule has 1 aromatic heterocycles. The maximum absolute atomic E-state index is 4.50. The van der Waals surface area contributed by atoms with Gasteiger partial charge in [0.2, 0.25) is 5.95 Å². The molecule has 0 aliphatic carbocycles. The van der Waals surface area contributed by atoms with Crippen molar-refractivity contribution < 1.29 is 0 Å². The predicted octanol–water partition coefficient (Wildman–Crippen LogP) is 1.12. The van der Waals surface area contributed by atoms with Crippen LogP contribution in [0.4, 0.5) is 5.95 Å². The molecule has 2 heterocycles. The summed E-state index contributed by atoms with van der Waals surface area (Å²) >= 11 is 0. The zero-order valence-corrected chi connectivity index (χ0v) is 12.5. The van der Waals surface area contributed by atoms with Crippen LogP contribution >= 0.6 is 0 Å². The van der Waals surface area contributed by atoms with Crippen molar-refractivity contribution in [2.24, 2.45) is 0 Å². The number of likely N-dealkylation sites (N-methyl/N-ethyl adjacent to an activating group) is 1. The monoisotopic (exact) mass is 263 g/mol. The molecule has 5 heteroatoms. The maximum Gasteiger partial charge on any atom is 0.225 e. The average molecular weight is 263 g/mol. The average Bonchev–Trinajstić information content (AvgIpc) is 2.40. The van der Waals surface area contributed by atoms with Gasteiger partial charge in [0.25, 0.3) is 0 Å². The first-order valence-electron chi connectivity index (χ1n) is 7.01. The summed E-state index contributed by atoms with van der Waals surface area (Å²) in [5.41, 5.74) is 1.31. The second-order valence-corrected chi connectivity index (χ2v) is 5.83. The number of hydrogen-bond acceptors (Lipinski definition) is 5. The van der Waals surface area contributed by atoms with E-state index in [1.807, 2.05) is 12.4 Å². The van der Waals surface area contributed by atoms with Crippen molar-refractivity contribution in [2.75, 3.05) is 38.1 Å². The van der Waals surface area contributed by atoms with Crippen LogP contribution in [0.5, 0.6) is 0 Å². The van der Waals surface area contributed by atoms with E-state index in [0.29, 0.717) is 0 Å². The van der Waals surface area contributed by atoms with Crippen LogP contribution < -0.4 is 10.2 Å². The molecule has 0 saturated carbocycles. The summed E-state index contributed by atoms with van der Waals surface area (Å²) in [5, 5.41) is 3.28. The Morgan fingerprint density at radius 1 is 1.26 bits per heavy atom. The number of piperazine rings is 1. The Morgan fingerprint density at radius 3 is 2.53 bits per heavy atom. The van der Waals surface area contributed by atoms with E-state index in [1.54, 1.807) is 0 Å². The molecule has 0 atom stereocenters. The van der Waals surface area contributed by atoms with Crippen molar-refractivity contribution in [3.63, 3.8) is 0 Å². The quantitative estimate of drug-likeness (QED) is 0.882. The van der Waals surface area contributed by atoms with Gasteiger partial charge in [0, 0.05) is 49.7 Å². The van der Waals surface area contributed by atoms with Crippen LogP contribution in [0.15, 0.2) is 12.4 Å². The van der Waals surface area contributed by atoms with Crippen LogP contribution in [0.1, 0.15) is 26.3 Å². The number of anilines is 1. The minimum absolute atomic E-state index is 0.171. The second-order valence-electron chi connectivity index (χ2n) is 5.83. The fourth-order valence-electron chi connectivity index (χ4n) is 2.28. The van der Waals surface area contributed by atoms with Crippen LogP contribution in [0.3, 0.4) is 0 Å². The van der Waals surface area contributed by atoms with Gasteiger partial charge in [-0.15, -0.1) is 0 Å². The third kappa shape index (κ3) is 3.42. The molecule has 0 radical (unpaired) electrons. The molecule has 0 unspecified atom stereocenters. The Labute approximate surface area is 116 Å². The Bertz CT molecular complexity index is 401. The molecular formula is C14H25N5. The molecule has 1 aromatic rings. The molecule has 2 rings (SSSR count). The predicted molar refractivity (Wildman–Crippen MR) is 78.3 cm³/mol. The second kappa shape index (κ2) is 5.84. The fraction of sp³-hybridized carbons (Fsp3) is 0.714. The lowest BCUT2D eigenvalue weighted by Gasteiger charge is -2.45. The first-order valence-corrected chi connectivity index (χ1v) is 7.01. The lowest BCUT2D eigenvalue weighted by atomic mass is 10.0. The first-order chi connectivity index (χ1) is 9.03. The highest BCUT2D eigenvalue weighted by molar-refractivity contribution is 5.32. The van der Waals surface area contributed by atoms with E-state index in [2.05, 4.69) is 52.9 Å². The van der Waals surface area contributed by atoms with Crippen molar-refractivity contribution >= 4 is 5.95 Å². The number of nitrogens with zero attached hydrogens (tertiary/aromatic N) is 4. The summed E-state index contributed by atoms with van der Waals surface area (Å²) in [6.07, 6.45) is 3.85. The molecule has 0 amide bonds. The van der Waals surface area contributed by atoms with Crippen LogP contribution in [0.2, 0.25) is 0 Å². The summed E-state index contributed by atoms with van der Waals surface area (Å²) < 4.78 is 0. The number of aromatic nitrogens is 2. The minimum Gasteiger partial charge on any atom is -0.338 e. The van der Waals surface area contributed by atoms with Crippen molar-refractivity contribution in [1.29, 1.82) is 0 Å². The van der Waals surface area contributed by atoms with E-state index >= 15 is 0 Å². The highest BCUT2D eigenvalue weighted by atomic mass is 15.3. The van der Waals surface area contributed by atoms with Crippen molar-refractivity contribution in [3.05, 3.63) is 18.0 Å². The molecule has 1 aliphatic heterocycles. The minimum atomic E-state index is 0.171. The molecule has 1 fully saturated rings. The van der Waals surface area contributed by atoms with Gasteiger partial charge in [0.1, 0.15) is 0 Å². The third-order valence-corrected chi connectivity index (χ3v) is 3.87. The van der Waals surface area contributed by atoms with E-state index in [0.717, 1.165) is 44.2 Å². The molecule has 1 aliphatic rings. The van der Waals surface area contributed by atoms with Gasteiger partial charge >= 0.3 is 0 Å². The summed E-state index contributed by atoms with van der Waals surface area (Å²) in [7, 11) is 2.18. The van der Waals surface area contributed by atoms with Gasteiger partial charge in [-0.05, 0) is 27.4 Å². The first kappa shape index (κ1) is 14.2. The van der Waals surface area contributed by atoms with Gasteiger partial charge in [0.15, 0.2) is 0 Å². The molecule has 106 valence electrons. The molecule has 1 N–H and O–H groups in total. The van der Waals surface area contributed by atoms with E-state index in [4.69, 9.17) is 0 Å². The third-order valence-electron chi connectivity index (χ3n) is 3.87. The smallest absolute Gasteiger partial charge is 0.225 e. The highest BCUT2D eigenvalue weighted by Gasteiger charge is 2.31. The Kier molecular flexibility index (Phi) is 4.37. The molecule has 0 bridgehead atoms. The van der Waals surface area contributed by atoms with E-state index < -0.39 is 0 Å². The SMILES string of the molecule is CCNCc1cnc(N2CCN(C)C(C)(C)C2)nc1. The van der Waals surface area contributed by atoms with Crippen LogP contribution in [-0.2, 0) is 6.54 Å². The van der Waals surface area contributed by atoms with Gasteiger partial charge in [-0.25, -0.2) is 9.97 Å². The Hall–Kier alpha value is -1.20. The largest absolute Gasteiger partial charge is 0.338 e. The van der Waals surface area contributed by atoms with Crippen molar-refractivity contribution in [3.8, 4) is 0 Å². The Morgan fingerprint density at radius 2 is 1.95 bits per heavy atom.